The Morgan fingerprint density at radius 3 is 2.68 bits per heavy atom. The summed E-state index contributed by atoms with van der Waals surface area (Å²) in [5.41, 5.74) is 2.15. The minimum absolute atomic E-state index is 0.536. The van der Waals surface area contributed by atoms with Gasteiger partial charge in [-0.05, 0) is 43.2 Å². The second-order valence-corrected chi connectivity index (χ2v) is 6.32. The van der Waals surface area contributed by atoms with Crippen LogP contribution in [-0.4, -0.2) is 38.1 Å². The van der Waals surface area contributed by atoms with Gasteiger partial charge >= 0.3 is 0 Å². The second-order valence-electron chi connectivity index (χ2n) is 5.88. The van der Waals surface area contributed by atoms with E-state index in [-0.39, 0.29) is 0 Å². The van der Waals surface area contributed by atoms with Gasteiger partial charge in [0.15, 0.2) is 5.96 Å². The molecule has 0 saturated carbocycles. The van der Waals surface area contributed by atoms with Crippen LogP contribution in [0.2, 0.25) is 5.02 Å². The first-order valence-corrected chi connectivity index (χ1v) is 8.86. The number of aliphatic imine (C=N–C) groups is 1. The van der Waals surface area contributed by atoms with Crippen molar-refractivity contribution >= 4 is 23.4 Å². The van der Waals surface area contributed by atoms with Gasteiger partial charge in [0.2, 0.25) is 0 Å². The molecule has 6 heteroatoms. The van der Waals surface area contributed by atoms with Gasteiger partial charge < -0.3 is 15.5 Å². The third-order valence-electron chi connectivity index (χ3n) is 3.59. The van der Waals surface area contributed by atoms with Gasteiger partial charge in [-0.3, -0.25) is 0 Å². The maximum Gasteiger partial charge on any atom is 0.191 e. The van der Waals surface area contributed by atoms with E-state index in [0.717, 1.165) is 42.0 Å². The van der Waals surface area contributed by atoms with Gasteiger partial charge in [0, 0.05) is 32.2 Å². The second kappa shape index (κ2) is 9.89. The number of benzene rings is 1. The Hall–Kier alpha value is -2.27. The number of pyridine rings is 1. The molecular formula is C19H26ClN5. The minimum atomic E-state index is 0.536. The number of aromatic nitrogens is 1. The van der Waals surface area contributed by atoms with Crippen molar-refractivity contribution in [1.82, 2.24) is 15.6 Å². The molecule has 134 valence electrons. The van der Waals surface area contributed by atoms with E-state index in [0.29, 0.717) is 6.54 Å². The summed E-state index contributed by atoms with van der Waals surface area (Å²) in [6.45, 7) is 4.19. The summed E-state index contributed by atoms with van der Waals surface area (Å²) in [5.74, 6) is 1.73. The number of hydrogen-bond donors (Lipinski definition) is 2. The number of nitrogens with zero attached hydrogens (tertiary/aromatic N) is 3. The summed E-state index contributed by atoms with van der Waals surface area (Å²) < 4.78 is 0. The molecule has 2 N–H and O–H groups in total. The molecule has 1 aromatic heterocycles. The molecule has 0 amide bonds. The highest BCUT2D eigenvalue weighted by molar-refractivity contribution is 6.30. The Balaban J connectivity index is 1.92. The van der Waals surface area contributed by atoms with E-state index < -0.39 is 0 Å². The number of anilines is 1. The fourth-order valence-electron chi connectivity index (χ4n) is 2.32. The summed E-state index contributed by atoms with van der Waals surface area (Å²) in [6.07, 6.45) is 0.888. The van der Waals surface area contributed by atoms with E-state index in [1.807, 2.05) is 55.4 Å². The van der Waals surface area contributed by atoms with Crippen molar-refractivity contribution in [2.24, 2.45) is 4.99 Å². The van der Waals surface area contributed by atoms with Crippen LogP contribution in [0.5, 0.6) is 0 Å². The van der Waals surface area contributed by atoms with Crippen molar-refractivity contribution in [3.63, 3.8) is 0 Å². The van der Waals surface area contributed by atoms with Crippen molar-refractivity contribution in [3.05, 3.63) is 58.7 Å². The molecule has 1 heterocycles. The van der Waals surface area contributed by atoms with Gasteiger partial charge in [-0.25, -0.2) is 9.98 Å². The van der Waals surface area contributed by atoms with E-state index >= 15 is 0 Å². The Kier molecular flexibility index (Phi) is 7.54. The predicted molar refractivity (Wildman–Crippen MR) is 107 cm³/mol. The number of guanidine groups is 1. The summed E-state index contributed by atoms with van der Waals surface area (Å²) in [5, 5.41) is 7.38. The lowest BCUT2D eigenvalue weighted by Gasteiger charge is -2.13. The maximum atomic E-state index is 6.02. The fraction of sp³-hybridized carbons (Fsp3) is 0.368. The summed E-state index contributed by atoms with van der Waals surface area (Å²) in [7, 11) is 3.97. The normalized spacial score (nSPS) is 11.3. The Morgan fingerprint density at radius 2 is 1.96 bits per heavy atom. The molecule has 0 aliphatic rings. The van der Waals surface area contributed by atoms with Crippen LogP contribution in [0, 0.1) is 0 Å². The maximum absolute atomic E-state index is 6.02. The first-order valence-electron chi connectivity index (χ1n) is 8.48. The molecule has 1 aromatic carbocycles. The molecule has 0 spiro atoms. The molecule has 0 aliphatic heterocycles. The average molecular weight is 360 g/mol. The smallest absolute Gasteiger partial charge is 0.191 e. The molecule has 5 nitrogen and oxygen atoms in total. The van der Waals surface area contributed by atoms with Crippen LogP contribution in [0.15, 0.2) is 47.5 Å². The van der Waals surface area contributed by atoms with Crippen LogP contribution in [0.3, 0.4) is 0 Å². The first kappa shape index (κ1) is 19.1. The molecule has 0 aliphatic carbocycles. The molecule has 0 bridgehead atoms. The summed E-state index contributed by atoms with van der Waals surface area (Å²) in [6, 6.07) is 13.9. The predicted octanol–water partition coefficient (Wildman–Crippen LogP) is 3.10. The number of rotatable bonds is 7. The van der Waals surface area contributed by atoms with Crippen molar-refractivity contribution < 1.29 is 0 Å². The van der Waals surface area contributed by atoms with Gasteiger partial charge in [0.05, 0.1) is 12.2 Å². The zero-order valence-corrected chi connectivity index (χ0v) is 15.8. The molecule has 2 rings (SSSR count). The largest absolute Gasteiger partial charge is 0.363 e. The number of nitrogens with one attached hydrogen (secondary N) is 2. The molecule has 0 radical (unpaired) electrons. The average Bonchev–Trinajstić information content (AvgIpc) is 2.60. The lowest BCUT2D eigenvalue weighted by atomic mass is 10.1. The van der Waals surface area contributed by atoms with E-state index in [1.54, 1.807) is 0 Å². The van der Waals surface area contributed by atoms with Crippen LogP contribution in [-0.2, 0) is 13.0 Å². The van der Waals surface area contributed by atoms with Crippen molar-refractivity contribution in [1.29, 1.82) is 0 Å². The summed E-state index contributed by atoms with van der Waals surface area (Å²) in [4.78, 5) is 11.2. The van der Waals surface area contributed by atoms with Crippen LogP contribution in [0.4, 0.5) is 5.82 Å². The summed E-state index contributed by atoms with van der Waals surface area (Å²) >= 11 is 6.02. The van der Waals surface area contributed by atoms with E-state index in [2.05, 4.69) is 33.6 Å². The van der Waals surface area contributed by atoms with Crippen LogP contribution in [0.25, 0.3) is 0 Å². The molecule has 25 heavy (non-hydrogen) atoms. The molecule has 0 atom stereocenters. The van der Waals surface area contributed by atoms with Crippen LogP contribution < -0.4 is 15.5 Å². The molecule has 0 unspecified atom stereocenters. The van der Waals surface area contributed by atoms with Crippen LogP contribution >= 0.6 is 11.6 Å². The van der Waals surface area contributed by atoms with E-state index in [9.17, 15) is 0 Å². The highest BCUT2D eigenvalue weighted by Gasteiger charge is 2.01. The Morgan fingerprint density at radius 1 is 1.16 bits per heavy atom. The van der Waals surface area contributed by atoms with Gasteiger partial charge in [0.1, 0.15) is 5.82 Å². The molecule has 0 saturated heterocycles. The molecule has 2 aromatic rings. The minimum Gasteiger partial charge on any atom is -0.363 e. The zero-order chi connectivity index (χ0) is 18.1. The van der Waals surface area contributed by atoms with Crippen molar-refractivity contribution in [2.75, 3.05) is 32.1 Å². The van der Waals surface area contributed by atoms with Gasteiger partial charge in [0.25, 0.3) is 0 Å². The first-order chi connectivity index (χ1) is 12.1. The Labute approximate surface area is 155 Å². The van der Waals surface area contributed by atoms with E-state index in [4.69, 9.17) is 11.6 Å². The van der Waals surface area contributed by atoms with Gasteiger partial charge in [-0.2, -0.15) is 0 Å². The lowest BCUT2D eigenvalue weighted by molar-refractivity contribution is 0.796. The molecular weight excluding hydrogens is 334 g/mol. The van der Waals surface area contributed by atoms with Crippen LogP contribution in [0.1, 0.15) is 18.2 Å². The van der Waals surface area contributed by atoms with Crippen molar-refractivity contribution in [3.8, 4) is 0 Å². The zero-order valence-electron chi connectivity index (χ0n) is 15.1. The monoisotopic (exact) mass is 359 g/mol. The fourth-order valence-corrected chi connectivity index (χ4v) is 2.54. The number of halogens is 1. The molecule has 0 fully saturated rings. The lowest BCUT2D eigenvalue weighted by Crippen LogP contribution is -2.38. The quantitative estimate of drug-likeness (QED) is 0.589. The standard InChI is InChI=1S/C19H26ClN5/c1-4-21-19(22-12-11-15-7-5-8-16(20)13-15)23-14-17-9-6-10-18(24-17)25(2)3/h5-10,13H,4,11-12,14H2,1-3H3,(H2,21,22,23). The van der Waals surface area contributed by atoms with Gasteiger partial charge in [-0.1, -0.05) is 29.8 Å². The topological polar surface area (TPSA) is 52.6 Å². The highest BCUT2D eigenvalue weighted by atomic mass is 35.5. The third kappa shape index (κ3) is 6.63. The van der Waals surface area contributed by atoms with E-state index in [1.165, 1.54) is 5.56 Å². The van der Waals surface area contributed by atoms with Crippen molar-refractivity contribution in [2.45, 2.75) is 19.9 Å². The Bertz CT molecular complexity index is 700. The third-order valence-corrected chi connectivity index (χ3v) is 3.82. The number of hydrogen-bond acceptors (Lipinski definition) is 3. The van der Waals surface area contributed by atoms with Gasteiger partial charge in [-0.15, -0.1) is 0 Å². The highest BCUT2D eigenvalue weighted by Crippen LogP contribution is 2.11. The SMILES string of the molecule is CCNC(=NCc1cccc(N(C)C)n1)NCCc1cccc(Cl)c1.